The molecule has 1 amide bonds. The van der Waals surface area contributed by atoms with Gasteiger partial charge in [-0.3, -0.25) is 19.4 Å². The Morgan fingerprint density at radius 2 is 1.98 bits per heavy atom. The van der Waals surface area contributed by atoms with Crippen LogP contribution in [0.3, 0.4) is 0 Å². The van der Waals surface area contributed by atoms with Gasteiger partial charge >= 0.3 is 6.09 Å². The number of fused-ring (bicyclic) bond motifs is 5. The molecule has 3 fully saturated rings. The fourth-order valence-electron chi connectivity index (χ4n) is 6.50. The van der Waals surface area contributed by atoms with Crippen molar-refractivity contribution in [3.63, 3.8) is 0 Å². The summed E-state index contributed by atoms with van der Waals surface area (Å²) in [6, 6.07) is 5.36. The summed E-state index contributed by atoms with van der Waals surface area (Å²) in [6.07, 6.45) is 7.90. The van der Waals surface area contributed by atoms with Gasteiger partial charge in [0.05, 0.1) is 23.2 Å². The molecule has 2 saturated heterocycles. The highest BCUT2D eigenvalue weighted by atomic mass is 19.1. The third kappa shape index (κ3) is 4.83. The number of ether oxygens (including phenoxy) is 3. The van der Waals surface area contributed by atoms with Crippen molar-refractivity contribution in [2.75, 3.05) is 20.4 Å². The van der Waals surface area contributed by atoms with Crippen LogP contribution in [0.5, 0.6) is 5.75 Å². The Hall–Kier alpha value is -4.56. The highest BCUT2D eigenvalue weighted by molar-refractivity contribution is 6.03. The number of Topliss-reactive ketones (excluding diaryl/α,β-unsaturated/α-hetero) is 1. The minimum absolute atomic E-state index is 0.0267. The van der Waals surface area contributed by atoms with E-state index >= 15 is 4.39 Å². The maximum Gasteiger partial charge on any atom is 0.410 e. The predicted molar refractivity (Wildman–Crippen MR) is 159 cm³/mol. The maximum atomic E-state index is 16.6. The summed E-state index contributed by atoms with van der Waals surface area (Å²) < 4.78 is 49.0. The van der Waals surface area contributed by atoms with Crippen LogP contribution in [0.15, 0.2) is 30.5 Å². The number of hydrogen-bond donors (Lipinski definition) is 0. The number of terminal acetylenes is 1. The molecule has 3 atom stereocenters. The first-order valence-electron chi connectivity index (χ1n) is 14.3. The summed E-state index contributed by atoms with van der Waals surface area (Å²) >= 11 is 0. The Labute approximate surface area is 253 Å². The Kier molecular flexibility index (Phi) is 7.28. The second kappa shape index (κ2) is 10.9. The van der Waals surface area contributed by atoms with Gasteiger partial charge in [-0.2, -0.15) is 5.10 Å². The summed E-state index contributed by atoms with van der Waals surface area (Å²) in [5.41, 5.74) is 0.00126. The van der Waals surface area contributed by atoms with Gasteiger partial charge < -0.3 is 14.2 Å². The summed E-state index contributed by atoms with van der Waals surface area (Å²) in [6.45, 7) is 5.62. The van der Waals surface area contributed by atoms with E-state index in [1.807, 2.05) is 0 Å². The molecule has 44 heavy (non-hydrogen) atoms. The minimum atomic E-state index is -0.704. The van der Waals surface area contributed by atoms with Crippen molar-refractivity contribution >= 4 is 33.6 Å². The third-order valence-corrected chi connectivity index (χ3v) is 8.28. The normalized spacial score (nSPS) is 19.9. The molecule has 0 N–H and O–H groups in total. The first kappa shape index (κ1) is 29.5. The van der Waals surface area contributed by atoms with E-state index in [9.17, 15) is 14.0 Å². The van der Waals surface area contributed by atoms with Gasteiger partial charge in [0.1, 0.15) is 28.4 Å². The van der Waals surface area contributed by atoms with Crippen LogP contribution in [-0.4, -0.2) is 63.6 Å². The topological polar surface area (TPSA) is 95.8 Å². The zero-order chi connectivity index (χ0) is 31.5. The van der Waals surface area contributed by atoms with Crippen LogP contribution in [0.1, 0.15) is 50.8 Å². The van der Waals surface area contributed by atoms with Gasteiger partial charge in [-0.15, -0.1) is 6.42 Å². The van der Waals surface area contributed by atoms with E-state index in [0.29, 0.717) is 47.0 Å². The molecule has 2 aromatic heterocycles. The zero-order valence-electron chi connectivity index (χ0n) is 25.1. The number of pyridine rings is 1. The number of carbonyl (C=O) groups excluding carboxylic acids is 2. The van der Waals surface area contributed by atoms with E-state index in [1.165, 1.54) is 35.0 Å². The highest BCUT2D eigenvalue weighted by Gasteiger charge is 2.51. The van der Waals surface area contributed by atoms with Crippen LogP contribution in [0.25, 0.3) is 32.9 Å². The summed E-state index contributed by atoms with van der Waals surface area (Å²) in [7, 11) is 3.07. The maximum absolute atomic E-state index is 16.6. The van der Waals surface area contributed by atoms with E-state index < -0.39 is 35.3 Å². The molecule has 0 spiro atoms. The number of benzene rings is 2. The van der Waals surface area contributed by atoms with Gasteiger partial charge in [0.25, 0.3) is 0 Å². The van der Waals surface area contributed by atoms with Gasteiger partial charge in [-0.05, 0) is 63.1 Å². The Morgan fingerprint density at radius 3 is 2.66 bits per heavy atom. The van der Waals surface area contributed by atoms with Crippen molar-refractivity contribution in [3.8, 4) is 29.4 Å². The molecule has 1 aliphatic carbocycles. The van der Waals surface area contributed by atoms with Crippen molar-refractivity contribution in [2.24, 2.45) is 13.0 Å². The lowest BCUT2D eigenvalue weighted by Crippen LogP contribution is -2.59. The lowest BCUT2D eigenvalue weighted by atomic mass is 9.69. The summed E-state index contributed by atoms with van der Waals surface area (Å²) in [4.78, 5) is 32.7. The first-order valence-corrected chi connectivity index (χ1v) is 14.3. The lowest BCUT2D eigenvalue weighted by molar-refractivity contribution is -0.135. The number of aromatic nitrogens is 3. The standard InChI is InChI=1S/C33H32F2N4O5/c1-7-20-23(34)10-8-17-12-19(43-16-42-6)13-21(25(17)20)29-27(35)30-22(14-36-29)28(37-38(30)5)26-18-9-11-24(31(26)40)39(15-18)32(41)44-33(2,3)4/h1,8,10,12-14,18,24,26H,9,11,15-16H2,2-6H3. The number of rotatable bonds is 5. The molecule has 0 radical (unpaired) electrons. The van der Waals surface area contributed by atoms with Crippen LogP contribution in [-0.2, 0) is 21.3 Å². The molecule has 7 rings (SSSR count). The van der Waals surface area contributed by atoms with Crippen LogP contribution in [0.2, 0.25) is 0 Å². The molecule has 4 aromatic rings. The van der Waals surface area contributed by atoms with Crippen molar-refractivity contribution in [1.29, 1.82) is 0 Å². The van der Waals surface area contributed by atoms with Crippen LogP contribution in [0, 0.1) is 29.9 Å². The Morgan fingerprint density at radius 1 is 1.20 bits per heavy atom. The second-order valence-electron chi connectivity index (χ2n) is 12.2. The molecule has 2 aromatic carbocycles. The molecule has 4 heterocycles. The first-order chi connectivity index (χ1) is 20.9. The number of amides is 1. The molecule has 2 bridgehead atoms. The van der Waals surface area contributed by atoms with E-state index in [1.54, 1.807) is 40.0 Å². The van der Waals surface area contributed by atoms with Gasteiger partial charge in [0.15, 0.2) is 18.4 Å². The van der Waals surface area contributed by atoms with Crippen LogP contribution >= 0.6 is 0 Å². The van der Waals surface area contributed by atoms with Crippen LogP contribution < -0.4 is 4.74 Å². The molecule has 11 heteroatoms. The molecule has 3 aliphatic rings. The summed E-state index contributed by atoms with van der Waals surface area (Å²) in [5.74, 6) is 0.434. The number of aryl methyl sites for hydroxylation is 1. The van der Waals surface area contributed by atoms with Gasteiger partial charge in [-0.25, -0.2) is 13.6 Å². The smallest absolute Gasteiger partial charge is 0.410 e. The monoisotopic (exact) mass is 602 g/mol. The van der Waals surface area contributed by atoms with E-state index in [-0.39, 0.29) is 40.8 Å². The lowest BCUT2D eigenvalue weighted by Gasteiger charge is -2.47. The molecule has 9 nitrogen and oxygen atoms in total. The Bertz CT molecular complexity index is 1870. The largest absolute Gasteiger partial charge is 0.468 e. The van der Waals surface area contributed by atoms with E-state index in [4.69, 9.17) is 20.6 Å². The highest BCUT2D eigenvalue weighted by Crippen LogP contribution is 2.45. The van der Waals surface area contributed by atoms with Gasteiger partial charge in [0.2, 0.25) is 0 Å². The quantitative estimate of drug-likeness (QED) is 0.213. The minimum Gasteiger partial charge on any atom is -0.468 e. The molecule has 2 aliphatic heterocycles. The fraction of sp³-hybridized carbons (Fsp3) is 0.394. The van der Waals surface area contributed by atoms with Crippen molar-refractivity contribution in [2.45, 2.75) is 51.2 Å². The third-order valence-electron chi connectivity index (χ3n) is 8.28. The number of carbonyl (C=O) groups is 2. The molecule has 3 unspecified atom stereocenters. The van der Waals surface area contributed by atoms with Crippen molar-refractivity contribution < 1.29 is 32.6 Å². The molecular weight excluding hydrogens is 570 g/mol. The van der Waals surface area contributed by atoms with E-state index in [2.05, 4.69) is 16.0 Å². The van der Waals surface area contributed by atoms with Gasteiger partial charge in [0, 0.05) is 43.2 Å². The van der Waals surface area contributed by atoms with Crippen molar-refractivity contribution in [3.05, 3.63) is 53.4 Å². The predicted octanol–water partition coefficient (Wildman–Crippen LogP) is 5.71. The second-order valence-corrected chi connectivity index (χ2v) is 12.2. The Balaban J connectivity index is 1.45. The fourth-order valence-corrected chi connectivity index (χ4v) is 6.50. The average Bonchev–Trinajstić information content (AvgIpc) is 3.31. The summed E-state index contributed by atoms with van der Waals surface area (Å²) in [5, 5.41) is 5.86. The zero-order valence-corrected chi connectivity index (χ0v) is 25.1. The number of nitrogens with zero attached hydrogens (tertiary/aromatic N) is 4. The molecular formula is C33H32F2N4O5. The number of hydrogen-bond acceptors (Lipinski definition) is 7. The number of ketones is 1. The SMILES string of the molecule is C#Cc1c(F)ccc2cc(OCOC)cc(-c3ncc4c(C5C(=O)C6CCC5CN6C(=O)OC(C)(C)C)nn(C)c4c3F)c12. The average molecular weight is 603 g/mol. The number of halogens is 2. The van der Waals surface area contributed by atoms with E-state index in [0.717, 1.165) is 0 Å². The number of methoxy groups -OCH3 is 1. The van der Waals surface area contributed by atoms with Crippen molar-refractivity contribution in [1.82, 2.24) is 19.7 Å². The molecule has 228 valence electrons. The van der Waals surface area contributed by atoms with Crippen LogP contribution in [0.4, 0.5) is 13.6 Å². The number of piperidine rings is 2. The molecule has 1 saturated carbocycles. The van der Waals surface area contributed by atoms with Gasteiger partial charge in [-0.1, -0.05) is 12.0 Å².